The predicted molar refractivity (Wildman–Crippen MR) is 55.9 cm³/mol. The minimum Gasteiger partial charge on any atom is -0.385 e. The summed E-state index contributed by atoms with van der Waals surface area (Å²) in [4.78, 5) is 0. The molecule has 82 valence electrons. The zero-order valence-electron chi connectivity index (χ0n) is 9.51. The Hall–Kier alpha value is -0.590. The first-order chi connectivity index (χ1) is 6.68. The van der Waals surface area contributed by atoms with Crippen molar-refractivity contribution in [3.8, 4) is 6.07 Å². The predicted octanol–water partition coefficient (Wildman–Crippen LogP) is 2.37. The Balaban J connectivity index is 3.40. The third-order valence-electron chi connectivity index (χ3n) is 2.49. The number of nitriles is 1. The molecule has 0 bridgehead atoms. The van der Waals surface area contributed by atoms with Crippen LogP contribution in [0, 0.1) is 16.7 Å². The van der Waals surface area contributed by atoms with Crippen molar-refractivity contribution in [2.75, 3.05) is 26.9 Å². The van der Waals surface area contributed by atoms with Crippen molar-refractivity contribution in [1.82, 2.24) is 0 Å². The van der Waals surface area contributed by atoms with Gasteiger partial charge in [0, 0.05) is 26.9 Å². The van der Waals surface area contributed by atoms with Gasteiger partial charge in [0.15, 0.2) is 0 Å². The van der Waals surface area contributed by atoms with Crippen molar-refractivity contribution in [2.45, 2.75) is 33.1 Å². The average Bonchev–Trinajstić information content (AvgIpc) is 2.23. The number of hydrogen-bond acceptors (Lipinski definition) is 3. The van der Waals surface area contributed by atoms with Crippen molar-refractivity contribution < 1.29 is 9.47 Å². The van der Waals surface area contributed by atoms with E-state index in [4.69, 9.17) is 14.7 Å². The van der Waals surface area contributed by atoms with E-state index in [1.54, 1.807) is 7.11 Å². The number of hydrogen-bond donors (Lipinski definition) is 0. The van der Waals surface area contributed by atoms with Gasteiger partial charge in [0.05, 0.1) is 11.5 Å². The van der Waals surface area contributed by atoms with Crippen molar-refractivity contribution in [2.24, 2.45) is 5.41 Å². The van der Waals surface area contributed by atoms with Crippen LogP contribution in [-0.4, -0.2) is 26.9 Å². The van der Waals surface area contributed by atoms with Gasteiger partial charge in [0.1, 0.15) is 0 Å². The Bertz CT molecular complexity index is 177. The summed E-state index contributed by atoms with van der Waals surface area (Å²) in [6.07, 6.45) is 2.61. The van der Waals surface area contributed by atoms with Crippen molar-refractivity contribution >= 4 is 0 Å². The number of methoxy groups -OCH3 is 1. The molecule has 0 fully saturated rings. The first kappa shape index (κ1) is 13.4. The van der Waals surface area contributed by atoms with E-state index in [1.807, 2.05) is 13.8 Å². The molecular weight excluding hydrogens is 178 g/mol. The second-order valence-electron chi connectivity index (χ2n) is 3.73. The van der Waals surface area contributed by atoms with Gasteiger partial charge in [0.2, 0.25) is 0 Å². The summed E-state index contributed by atoms with van der Waals surface area (Å²) in [6, 6.07) is 2.33. The minimum absolute atomic E-state index is 0.221. The van der Waals surface area contributed by atoms with Crippen LogP contribution in [0.3, 0.4) is 0 Å². The molecule has 0 radical (unpaired) electrons. The second-order valence-corrected chi connectivity index (χ2v) is 3.73. The van der Waals surface area contributed by atoms with Crippen molar-refractivity contribution in [1.29, 1.82) is 5.26 Å². The molecule has 0 aromatic rings. The summed E-state index contributed by atoms with van der Waals surface area (Å²) in [5.74, 6) is 0. The molecule has 0 saturated heterocycles. The van der Waals surface area contributed by atoms with Gasteiger partial charge in [-0.05, 0) is 26.2 Å². The molecule has 14 heavy (non-hydrogen) atoms. The quantitative estimate of drug-likeness (QED) is 0.564. The summed E-state index contributed by atoms with van der Waals surface area (Å²) in [6.45, 7) is 6.14. The number of rotatable bonds is 8. The third kappa shape index (κ3) is 5.95. The van der Waals surface area contributed by atoms with Gasteiger partial charge in [0.25, 0.3) is 0 Å². The molecule has 0 amide bonds. The van der Waals surface area contributed by atoms with E-state index in [0.717, 1.165) is 32.5 Å². The van der Waals surface area contributed by atoms with Gasteiger partial charge in [-0.1, -0.05) is 6.92 Å². The summed E-state index contributed by atoms with van der Waals surface area (Å²) >= 11 is 0. The maximum Gasteiger partial charge on any atom is 0.0687 e. The molecular formula is C11H21NO2. The largest absolute Gasteiger partial charge is 0.385 e. The first-order valence-corrected chi connectivity index (χ1v) is 5.16. The van der Waals surface area contributed by atoms with E-state index >= 15 is 0 Å². The summed E-state index contributed by atoms with van der Waals surface area (Å²) < 4.78 is 10.3. The molecule has 0 aliphatic heterocycles. The number of nitrogens with zero attached hydrogens (tertiary/aromatic N) is 1. The Morgan fingerprint density at radius 3 is 2.50 bits per heavy atom. The molecule has 3 heteroatoms. The Labute approximate surface area is 87.0 Å². The summed E-state index contributed by atoms with van der Waals surface area (Å²) in [5.41, 5.74) is -0.221. The van der Waals surface area contributed by atoms with E-state index in [2.05, 4.69) is 6.07 Å². The van der Waals surface area contributed by atoms with E-state index in [-0.39, 0.29) is 5.41 Å². The fourth-order valence-electron chi connectivity index (χ4n) is 1.02. The molecule has 0 heterocycles. The van der Waals surface area contributed by atoms with Crippen LogP contribution in [-0.2, 0) is 9.47 Å². The highest BCUT2D eigenvalue weighted by molar-refractivity contribution is 4.94. The van der Waals surface area contributed by atoms with Gasteiger partial charge < -0.3 is 9.47 Å². The fourth-order valence-corrected chi connectivity index (χ4v) is 1.02. The van der Waals surface area contributed by atoms with E-state index in [1.165, 1.54) is 0 Å². The molecule has 0 rings (SSSR count). The molecule has 0 spiro atoms. The van der Waals surface area contributed by atoms with Crippen molar-refractivity contribution in [3.05, 3.63) is 0 Å². The molecule has 0 aromatic heterocycles. The zero-order chi connectivity index (χ0) is 10.9. The minimum atomic E-state index is -0.221. The SMILES string of the molecule is CCC(C)(C#N)CCOCCCOC. The lowest BCUT2D eigenvalue weighted by Gasteiger charge is -2.18. The van der Waals surface area contributed by atoms with Crippen LogP contribution in [0.5, 0.6) is 0 Å². The fraction of sp³-hybridized carbons (Fsp3) is 0.909. The van der Waals surface area contributed by atoms with Crippen molar-refractivity contribution in [3.63, 3.8) is 0 Å². The van der Waals surface area contributed by atoms with Crippen LogP contribution in [0.15, 0.2) is 0 Å². The highest BCUT2D eigenvalue weighted by Gasteiger charge is 2.20. The van der Waals surface area contributed by atoms with Crippen LogP contribution in [0.25, 0.3) is 0 Å². The van der Waals surface area contributed by atoms with Gasteiger partial charge in [-0.15, -0.1) is 0 Å². The maximum atomic E-state index is 8.90. The topological polar surface area (TPSA) is 42.2 Å². The third-order valence-corrected chi connectivity index (χ3v) is 2.49. The van der Waals surface area contributed by atoms with E-state index in [0.29, 0.717) is 6.61 Å². The highest BCUT2D eigenvalue weighted by atomic mass is 16.5. The highest BCUT2D eigenvalue weighted by Crippen LogP contribution is 2.23. The Kier molecular flexibility index (Phi) is 7.45. The smallest absolute Gasteiger partial charge is 0.0687 e. The zero-order valence-corrected chi connectivity index (χ0v) is 9.51. The van der Waals surface area contributed by atoms with Gasteiger partial charge in [-0.25, -0.2) is 0 Å². The molecule has 0 aliphatic carbocycles. The van der Waals surface area contributed by atoms with Crippen LogP contribution in [0.1, 0.15) is 33.1 Å². The van der Waals surface area contributed by atoms with E-state index < -0.39 is 0 Å². The molecule has 0 N–H and O–H groups in total. The van der Waals surface area contributed by atoms with E-state index in [9.17, 15) is 0 Å². The van der Waals surface area contributed by atoms with Crippen LogP contribution in [0.2, 0.25) is 0 Å². The lowest BCUT2D eigenvalue weighted by Crippen LogP contribution is -2.15. The average molecular weight is 199 g/mol. The monoisotopic (exact) mass is 199 g/mol. The summed E-state index contributed by atoms with van der Waals surface area (Å²) in [7, 11) is 1.68. The van der Waals surface area contributed by atoms with Gasteiger partial charge in [-0.3, -0.25) is 0 Å². The van der Waals surface area contributed by atoms with Crippen LogP contribution >= 0.6 is 0 Å². The summed E-state index contributed by atoms with van der Waals surface area (Å²) in [5, 5.41) is 8.90. The molecule has 1 atom stereocenters. The van der Waals surface area contributed by atoms with Gasteiger partial charge >= 0.3 is 0 Å². The Morgan fingerprint density at radius 2 is 2.00 bits per heavy atom. The van der Waals surface area contributed by atoms with Crippen LogP contribution in [0.4, 0.5) is 0 Å². The number of ether oxygens (including phenoxy) is 2. The second kappa shape index (κ2) is 7.78. The van der Waals surface area contributed by atoms with Gasteiger partial charge in [-0.2, -0.15) is 5.26 Å². The standard InChI is InChI=1S/C11H21NO2/c1-4-11(2,10-12)6-9-14-8-5-7-13-3/h4-9H2,1-3H3. The molecule has 1 unspecified atom stereocenters. The molecule has 0 saturated carbocycles. The van der Waals surface area contributed by atoms with Crippen LogP contribution < -0.4 is 0 Å². The molecule has 0 aliphatic rings. The lowest BCUT2D eigenvalue weighted by molar-refractivity contribution is 0.0878. The normalized spacial score (nSPS) is 14.7. The lowest BCUT2D eigenvalue weighted by atomic mass is 9.86. The Morgan fingerprint density at radius 1 is 1.29 bits per heavy atom. The maximum absolute atomic E-state index is 8.90. The molecule has 3 nitrogen and oxygen atoms in total. The first-order valence-electron chi connectivity index (χ1n) is 5.16. The molecule has 0 aromatic carbocycles.